The molecule has 3 aliphatic rings. The van der Waals surface area contributed by atoms with Crippen molar-refractivity contribution in [3.63, 3.8) is 0 Å². The molecule has 0 unspecified atom stereocenters. The molecular weight excluding hydrogens is 598 g/mol. The van der Waals surface area contributed by atoms with Crippen molar-refractivity contribution in [1.29, 1.82) is 0 Å². The van der Waals surface area contributed by atoms with Crippen LogP contribution in [0.2, 0.25) is 0 Å². The fourth-order valence-corrected chi connectivity index (χ4v) is 7.04. The van der Waals surface area contributed by atoms with E-state index < -0.39 is 5.91 Å². The molecule has 6 rings (SSSR count). The standard InChI is InChI=1S/C35H45N7O5/c36-32(43)24-8-6-23(7-9-24)22-38-35(46)39-27-10-11-29(28(21-27)40-33(44)31-20-26-4-1-2-5-30(26)47-31)41-16-3-17-42(19-18-41)34(45)25-12-14-37-15-13-25/h1-2,4-5,10-11,20-21,23-25,37H,3,6-9,12-19,22H2,(H2,36,43)(H,40,44)(H2,38,39,46). The highest BCUT2D eigenvalue weighted by molar-refractivity contribution is 6.07. The molecule has 5 amide bonds. The summed E-state index contributed by atoms with van der Waals surface area (Å²) in [6, 6.07) is 14.3. The molecule has 1 saturated carbocycles. The van der Waals surface area contributed by atoms with Gasteiger partial charge in [0.05, 0.1) is 11.4 Å². The number of piperidine rings is 1. The van der Waals surface area contributed by atoms with E-state index in [0.717, 1.165) is 75.7 Å². The zero-order valence-electron chi connectivity index (χ0n) is 26.8. The second-order valence-electron chi connectivity index (χ2n) is 13.0. The third-order valence-corrected chi connectivity index (χ3v) is 9.79. The van der Waals surface area contributed by atoms with Crippen LogP contribution in [0.1, 0.15) is 55.5 Å². The number of hydrogen-bond donors (Lipinski definition) is 5. The van der Waals surface area contributed by atoms with E-state index in [1.165, 1.54) is 0 Å². The molecule has 3 fully saturated rings. The van der Waals surface area contributed by atoms with Crippen LogP contribution in [0.5, 0.6) is 0 Å². The van der Waals surface area contributed by atoms with E-state index >= 15 is 0 Å². The van der Waals surface area contributed by atoms with E-state index in [1.54, 1.807) is 12.1 Å². The summed E-state index contributed by atoms with van der Waals surface area (Å²) in [4.78, 5) is 55.3. The number of nitrogens with zero attached hydrogens (tertiary/aromatic N) is 2. The van der Waals surface area contributed by atoms with Gasteiger partial charge in [0.1, 0.15) is 5.58 Å². The Morgan fingerprint density at radius 1 is 0.851 bits per heavy atom. The van der Waals surface area contributed by atoms with Crippen LogP contribution in [0.3, 0.4) is 0 Å². The largest absolute Gasteiger partial charge is 0.451 e. The van der Waals surface area contributed by atoms with Gasteiger partial charge in [0, 0.05) is 55.6 Å². The van der Waals surface area contributed by atoms with Gasteiger partial charge in [0.2, 0.25) is 11.8 Å². The molecule has 3 aromatic rings. The molecule has 12 nitrogen and oxygen atoms in total. The number of furan rings is 1. The maximum Gasteiger partial charge on any atom is 0.319 e. The van der Waals surface area contributed by atoms with Gasteiger partial charge in [0.15, 0.2) is 5.76 Å². The molecular formula is C35H45N7O5. The van der Waals surface area contributed by atoms with Gasteiger partial charge in [-0.25, -0.2) is 4.79 Å². The van der Waals surface area contributed by atoms with E-state index in [4.69, 9.17) is 10.2 Å². The number of carbonyl (C=O) groups excluding carboxylic acids is 4. The first-order chi connectivity index (χ1) is 22.8. The number of para-hydroxylation sites is 1. The minimum absolute atomic E-state index is 0.0723. The number of carbonyl (C=O) groups is 4. The van der Waals surface area contributed by atoms with Crippen molar-refractivity contribution >= 4 is 51.8 Å². The van der Waals surface area contributed by atoms with Crippen LogP contribution in [-0.4, -0.2) is 74.5 Å². The molecule has 2 aromatic carbocycles. The number of nitrogens with one attached hydrogen (secondary N) is 4. The number of fused-ring (bicyclic) bond motifs is 1. The van der Waals surface area contributed by atoms with Gasteiger partial charge in [-0.15, -0.1) is 0 Å². The van der Waals surface area contributed by atoms with E-state index in [0.29, 0.717) is 49.1 Å². The van der Waals surface area contributed by atoms with Crippen LogP contribution in [-0.2, 0) is 9.59 Å². The minimum Gasteiger partial charge on any atom is -0.451 e. The van der Waals surface area contributed by atoms with Crippen molar-refractivity contribution in [3.8, 4) is 0 Å². The molecule has 0 atom stereocenters. The van der Waals surface area contributed by atoms with Crippen molar-refractivity contribution in [3.05, 3.63) is 54.3 Å². The van der Waals surface area contributed by atoms with Crippen LogP contribution in [0.25, 0.3) is 11.0 Å². The van der Waals surface area contributed by atoms with E-state index in [1.807, 2.05) is 41.3 Å². The average molecular weight is 644 g/mol. The highest BCUT2D eigenvalue weighted by atomic mass is 16.3. The monoisotopic (exact) mass is 643 g/mol. The summed E-state index contributed by atoms with van der Waals surface area (Å²) in [7, 11) is 0. The number of urea groups is 1. The number of anilines is 3. The molecule has 2 saturated heterocycles. The predicted molar refractivity (Wildman–Crippen MR) is 181 cm³/mol. The zero-order chi connectivity index (χ0) is 32.8. The molecule has 12 heteroatoms. The van der Waals surface area contributed by atoms with Crippen molar-refractivity contribution in [1.82, 2.24) is 15.5 Å². The molecule has 1 aliphatic carbocycles. The number of hydrogen-bond acceptors (Lipinski definition) is 7. The summed E-state index contributed by atoms with van der Waals surface area (Å²) >= 11 is 0. The highest BCUT2D eigenvalue weighted by Crippen LogP contribution is 2.32. The van der Waals surface area contributed by atoms with E-state index in [-0.39, 0.29) is 35.4 Å². The summed E-state index contributed by atoms with van der Waals surface area (Å²) in [5.41, 5.74) is 7.95. The quantitative estimate of drug-likeness (QED) is 0.247. The van der Waals surface area contributed by atoms with Gasteiger partial charge in [-0.05, 0) is 94.3 Å². The Bertz CT molecular complexity index is 1560. The number of primary amides is 1. The molecule has 1 aromatic heterocycles. The van der Waals surface area contributed by atoms with Crippen LogP contribution in [0.4, 0.5) is 21.9 Å². The lowest BCUT2D eigenvalue weighted by Gasteiger charge is -2.29. The second kappa shape index (κ2) is 14.9. The lowest BCUT2D eigenvalue weighted by molar-refractivity contribution is -0.136. The van der Waals surface area contributed by atoms with Gasteiger partial charge < -0.3 is 41.2 Å². The van der Waals surface area contributed by atoms with E-state index in [9.17, 15) is 19.2 Å². The van der Waals surface area contributed by atoms with Crippen molar-refractivity contribution < 1.29 is 23.6 Å². The van der Waals surface area contributed by atoms with Gasteiger partial charge in [0.25, 0.3) is 5.91 Å². The Kier molecular flexibility index (Phi) is 10.3. The molecule has 0 spiro atoms. The van der Waals surface area contributed by atoms with Crippen molar-refractivity contribution in [2.45, 2.75) is 44.9 Å². The number of rotatable bonds is 8. The Morgan fingerprint density at radius 3 is 2.40 bits per heavy atom. The topological polar surface area (TPSA) is 162 Å². The van der Waals surface area contributed by atoms with Crippen LogP contribution >= 0.6 is 0 Å². The first kappa shape index (κ1) is 32.4. The minimum atomic E-state index is -0.395. The van der Waals surface area contributed by atoms with Gasteiger partial charge >= 0.3 is 6.03 Å². The summed E-state index contributed by atoms with van der Waals surface area (Å²) in [5, 5.41) is 13.1. The Labute approximate surface area is 274 Å². The molecule has 0 radical (unpaired) electrons. The average Bonchev–Trinajstić information content (AvgIpc) is 3.39. The molecule has 2 aliphatic heterocycles. The van der Waals surface area contributed by atoms with Crippen LogP contribution in [0, 0.1) is 17.8 Å². The predicted octanol–water partition coefficient (Wildman–Crippen LogP) is 4.14. The normalized spacial score (nSPS) is 20.8. The molecule has 250 valence electrons. The maximum absolute atomic E-state index is 13.5. The third kappa shape index (κ3) is 8.05. The van der Waals surface area contributed by atoms with Gasteiger partial charge in [-0.1, -0.05) is 18.2 Å². The Balaban J connectivity index is 1.15. The second-order valence-corrected chi connectivity index (χ2v) is 13.0. The van der Waals surface area contributed by atoms with Gasteiger partial charge in [-0.2, -0.15) is 0 Å². The fraction of sp³-hybridized carbons (Fsp3) is 0.486. The highest BCUT2D eigenvalue weighted by Gasteiger charge is 2.29. The molecule has 0 bridgehead atoms. The first-order valence-corrected chi connectivity index (χ1v) is 16.9. The van der Waals surface area contributed by atoms with Crippen molar-refractivity contribution in [2.24, 2.45) is 23.5 Å². The molecule has 6 N–H and O–H groups in total. The Morgan fingerprint density at radius 2 is 1.64 bits per heavy atom. The van der Waals surface area contributed by atoms with Crippen LogP contribution < -0.4 is 31.9 Å². The third-order valence-electron chi connectivity index (χ3n) is 9.79. The lowest BCUT2D eigenvalue weighted by Crippen LogP contribution is -2.42. The summed E-state index contributed by atoms with van der Waals surface area (Å²) in [6.45, 7) is 4.89. The lowest BCUT2D eigenvalue weighted by atomic mass is 9.82. The molecule has 47 heavy (non-hydrogen) atoms. The Hall–Kier alpha value is -4.58. The number of amides is 5. The fourth-order valence-electron chi connectivity index (χ4n) is 7.04. The number of nitrogens with two attached hydrogens (primary N) is 1. The van der Waals surface area contributed by atoms with E-state index in [2.05, 4.69) is 26.2 Å². The maximum atomic E-state index is 13.5. The first-order valence-electron chi connectivity index (χ1n) is 16.9. The van der Waals surface area contributed by atoms with Crippen molar-refractivity contribution in [2.75, 3.05) is 61.3 Å². The smallest absolute Gasteiger partial charge is 0.319 e. The summed E-state index contributed by atoms with van der Waals surface area (Å²) in [6.07, 6.45) is 5.73. The van der Waals surface area contributed by atoms with Gasteiger partial charge in [-0.3, -0.25) is 14.4 Å². The SMILES string of the molecule is NC(=O)C1CCC(CNC(=O)Nc2ccc(N3CCCN(C(=O)C4CCNCC4)CC3)c(NC(=O)c3cc4ccccc4o3)c2)CC1. The molecule has 3 heterocycles. The number of benzene rings is 2. The summed E-state index contributed by atoms with van der Waals surface area (Å²) < 4.78 is 5.83. The van der Waals surface area contributed by atoms with Crippen LogP contribution in [0.15, 0.2) is 52.9 Å². The summed E-state index contributed by atoms with van der Waals surface area (Å²) in [5.74, 6) is 0.0723. The zero-order valence-corrected chi connectivity index (χ0v) is 26.8.